The lowest BCUT2D eigenvalue weighted by Crippen LogP contribution is -2.27. The van der Waals surface area contributed by atoms with Crippen molar-refractivity contribution in [3.63, 3.8) is 0 Å². The largest absolute Gasteiger partial charge is 0.481 e. The highest BCUT2D eigenvalue weighted by atomic mass is 16.4. The monoisotopic (exact) mass is 376 g/mol. The van der Waals surface area contributed by atoms with Crippen molar-refractivity contribution in [2.24, 2.45) is 23.2 Å². The highest BCUT2D eigenvalue weighted by Crippen LogP contribution is 2.40. The van der Waals surface area contributed by atoms with Crippen LogP contribution in [0.15, 0.2) is 24.3 Å². The molecule has 0 spiro atoms. The molecule has 0 heterocycles. The first-order valence-electron chi connectivity index (χ1n) is 10.00. The number of hydrogen-bond acceptors (Lipinski definition) is 3. The van der Waals surface area contributed by atoms with Gasteiger partial charge in [0.25, 0.3) is 0 Å². The fraction of sp³-hybridized carbons (Fsp3) is 0.696. The van der Waals surface area contributed by atoms with Crippen LogP contribution >= 0.6 is 0 Å². The van der Waals surface area contributed by atoms with E-state index < -0.39 is 12.1 Å². The number of carboxylic acid groups (broad SMARTS) is 1. The summed E-state index contributed by atoms with van der Waals surface area (Å²) in [5, 5.41) is 29.6. The van der Waals surface area contributed by atoms with Gasteiger partial charge in [-0.05, 0) is 50.4 Å². The van der Waals surface area contributed by atoms with E-state index in [-0.39, 0.29) is 29.8 Å². The highest BCUT2D eigenvalue weighted by molar-refractivity contribution is 5.66. The number of aliphatic hydroxyl groups excluding tert-OH is 2. The molecule has 0 unspecified atom stereocenters. The normalized spacial score (nSPS) is 27.0. The molecule has 0 aromatic carbocycles. The van der Waals surface area contributed by atoms with Crippen molar-refractivity contribution in [1.82, 2.24) is 0 Å². The number of aliphatic carboxylic acids is 1. The highest BCUT2D eigenvalue weighted by Gasteiger charge is 2.38. The van der Waals surface area contributed by atoms with Gasteiger partial charge in [0.05, 0.1) is 12.2 Å². The Morgan fingerprint density at radius 3 is 2.67 bits per heavy atom. The van der Waals surface area contributed by atoms with Crippen LogP contribution in [-0.2, 0) is 4.79 Å². The summed E-state index contributed by atoms with van der Waals surface area (Å²) in [6, 6.07) is 0. The van der Waals surface area contributed by atoms with Crippen LogP contribution < -0.4 is 0 Å². The van der Waals surface area contributed by atoms with Gasteiger partial charge in [-0.2, -0.15) is 0 Å². The zero-order valence-corrected chi connectivity index (χ0v) is 17.2. The van der Waals surface area contributed by atoms with E-state index in [0.717, 1.165) is 19.3 Å². The molecule has 152 valence electrons. The number of carboxylic acids is 1. The Labute approximate surface area is 164 Å². The van der Waals surface area contributed by atoms with Crippen LogP contribution in [0, 0.1) is 35.0 Å². The number of carbonyl (C=O) groups is 1. The lowest BCUT2D eigenvalue weighted by molar-refractivity contribution is -0.137. The van der Waals surface area contributed by atoms with Gasteiger partial charge >= 0.3 is 5.97 Å². The maximum absolute atomic E-state index is 10.5. The molecular formula is C23H36O4. The fourth-order valence-corrected chi connectivity index (χ4v) is 3.70. The van der Waals surface area contributed by atoms with Crippen molar-refractivity contribution < 1.29 is 20.1 Å². The van der Waals surface area contributed by atoms with E-state index in [0.29, 0.717) is 18.8 Å². The van der Waals surface area contributed by atoms with Gasteiger partial charge in [-0.3, -0.25) is 4.79 Å². The molecule has 5 atom stereocenters. The molecule has 0 amide bonds. The van der Waals surface area contributed by atoms with Gasteiger partial charge in [0.2, 0.25) is 0 Å². The minimum Gasteiger partial charge on any atom is -0.481 e. The van der Waals surface area contributed by atoms with Gasteiger partial charge in [-0.15, -0.1) is 11.8 Å². The Hall–Kier alpha value is -1.57. The SMILES string of the molecule is CC#CCC(C)(C)[C@H](O)C=C[C@@H]1[C@@H](CC=CCCCC(=O)O)[C@@H](O)C[C@H]1C. The third-order valence-corrected chi connectivity index (χ3v) is 5.63. The molecule has 1 aliphatic carbocycles. The molecule has 3 N–H and O–H groups in total. The van der Waals surface area contributed by atoms with Gasteiger partial charge in [0.15, 0.2) is 0 Å². The van der Waals surface area contributed by atoms with E-state index in [1.165, 1.54) is 0 Å². The Morgan fingerprint density at radius 1 is 1.33 bits per heavy atom. The molecule has 4 heteroatoms. The number of rotatable bonds is 10. The first kappa shape index (κ1) is 23.5. The van der Waals surface area contributed by atoms with Crippen molar-refractivity contribution in [2.75, 3.05) is 0 Å². The number of allylic oxidation sites excluding steroid dienone is 3. The van der Waals surface area contributed by atoms with Crippen LogP contribution in [0.4, 0.5) is 0 Å². The van der Waals surface area contributed by atoms with Crippen LogP contribution in [0.3, 0.4) is 0 Å². The molecule has 4 nitrogen and oxygen atoms in total. The Balaban J connectivity index is 2.65. The number of aliphatic hydroxyl groups is 2. The average Bonchev–Trinajstić information content (AvgIpc) is 2.86. The molecule has 1 aliphatic rings. The molecule has 27 heavy (non-hydrogen) atoms. The molecular weight excluding hydrogens is 340 g/mol. The van der Waals surface area contributed by atoms with E-state index in [9.17, 15) is 15.0 Å². The van der Waals surface area contributed by atoms with Crippen LogP contribution in [0.2, 0.25) is 0 Å². The fourth-order valence-electron chi connectivity index (χ4n) is 3.70. The van der Waals surface area contributed by atoms with Crippen molar-refractivity contribution in [1.29, 1.82) is 0 Å². The van der Waals surface area contributed by atoms with Crippen LogP contribution in [0.25, 0.3) is 0 Å². The summed E-state index contributed by atoms with van der Waals surface area (Å²) in [6.45, 7) is 7.97. The van der Waals surface area contributed by atoms with Gasteiger partial charge in [0.1, 0.15) is 0 Å². The van der Waals surface area contributed by atoms with Crippen LogP contribution in [0.1, 0.15) is 66.2 Å². The quantitative estimate of drug-likeness (QED) is 0.304. The molecule has 0 radical (unpaired) electrons. The molecule has 1 rings (SSSR count). The van der Waals surface area contributed by atoms with E-state index in [1.807, 2.05) is 26.0 Å². The summed E-state index contributed by atoms with van der Waals surface area (Å²) < 4.78 is 0. The van der Waals surface area contributed by atoms with Crippen molar-refractivity contribution in [2.45, 2.75) is 78.4 Å². The van der Waals surface area contributed by atoms with Crippen molar-refractivity contribution in [3.8, 4) is 11.8 Å². The second kappa shape index (κ2) is 11.3. The minimum atomic E-state index is -0.764. The molecule has 0 aromatic heterocycles. The van der Waals surface area contributed by atoms with Crippen molar-refractivity contribution in [3.05, 3.63) is 24.3 Å². The maximum atomic E-state index is 10.5. The summed E-state index contributed by atoms with van der Waals surface area (Å²) in [5.41, 5.74) is -0.306. The standard InChI is InChI=1S/C23H36O4/c1-5-6-15-23(3,4)21(25)14-13-18-17(2)16-20(24)19(18)11-9-7-8-10-12-22(26)27/h7,9,13-14,17-21,24-25H,8,10-12,15-16H2,1-4H3,(H,26,27)/t17-,18+,19-,20+,21-/m1/s1. The predicted molar refractivity (Wildman–Crippen MR) is 109 cm³/mol. The van der Waals surface area contributed by atoms with Gasteiger partial charge < -0.3 is 15.3 Å². The van der Waals surface area contributed by atoms with E-state index >= 15 is 0 Å². The van der Waals surface area contributed by atoms with E-state index in [2.05, 4.69) is 30.9 Å². The Bertz CT molecular complexity index is 579. The smallest absolute Gasteiger partial charge is 0.303 e. The van der Waals surface area contributed by atoms with Crippen molar-refractivity contribution >= 4 is 5.97 Å². The Morgan fingerprint density at radius 2 is 2.04 bits per heavy atom. The third kappa shape index (κ3) is 7.91. The third-order valence-electron chi connectivity index (χ3n) is 5.63. The molecule has 0 saturated heterocycles. The second-order valence-electron chi connectivity index (χ2n) is 8.44. The zero-order chi connectivity index (χ0) is 20.4. The predicted octanol–water partition coefficient (Wildman–Crippen LogP) is 4.18. The van der Waals surface area contributed by atoms with Gasteiger partial charge in [-0.1, -0.05) is 45.1 Å². The second-order valence-corrected chi connectivity index (χ2v) is 8.44. The number of hydrogen-bond donors (Lipinski definition) is 3. The van der Waals surface area contributed by atoms with Gasteiger partial charge in [-0.25, -0.2) is 0 Å². The molecule has 1 fully saturated rings. The molecule has 0 aromatic rings. The summed E-state index contributed by atoms with van der Waals surface area (Å²) in [4.78, 5) is 10.5. The van der Waals surface area contributed by atoms with E-state index in [1.54, 1.807) is 6.92 Å². The number of unbranched alkanes of at least 4 members (excludes halogenated alkanes) is 1. The lowest BCUT2D eigenvalue weighted by atomic mass is 9.81. The minimum absolute atomic E-state index is 0.137. The van der Waals surface area contributed by atoms with E-state index in [4.69, 9.17) is 5.11 Å². The van der Waals surface area contributed by atoms with Gasteiger partial charge in [0, 0.05) is 18.3 Å². The first-order valence-corrected chi connectivity index (χ1v) is 10.00. The first-order chi connectivity index (χ1) is 12.7. The summed E-state index contributed by atoms with van der Waals surface area (Å²) in [7, 11) is 0. The molecule has 0 bridgehead atoms. The maximum Gasteiger partial charge on any atom is 0.303 e. The Kier molecular flexibility index (Phi) is 9.83. The zero-order valence-electron chi connectivity index (χ0n) is 17.2. The summed E-state index contributed by atoms with van der Waals surface area (Å²) in [5.74, 6) is 5.89. The van der Waals surface area contributed by atoms with Crippen LogP contribution in [-0.4, -0.2) is 33.5 Å². The molecule has 1 saturated carbocycles. The molecule has 0 aliphatic heterocycles. The van der Waals surface area contributed by atoms with Crippen LogP contribution in [0.5, 0.6) is 0 Å². The topological polar surface area (TPSA) is 77.8 Å². The summed E-state index contributed by atoms with van der Waals surface area (Å²) >= 11 is 0. The average molecular weight is 377 g/mol. The lowest BCUT2D eigenvalue weighted by Gasteiger charge is -2.27. The summed E-state index contributed by atoms with van der Waals surface area (Å²) in [6.07, 6.45) is 10.9.